The predicted octanol–water partition coefficient (Wildman–Crippen LogP) is 2.06. The number of hydrogen-bond donors (Lipinski definition) is 1. The van der Waals surface area contributed by atoms with E-state index in [9.17, 15) is 14.9 Å². The molecule has 1 aromatic rings. The van der Waals surface area contributed by atoms with Gasteiger partial charge in [0, 0.05) is 32.4 Å². The first kappa shape index (κ1) is 22.9. The number of nitrogens with one attached hydrogen (secondary N) is 1. The molecule has 1 heterocycles. The third-order valence-corrected chi connectivity index (χ3v) is 4.77. The molecule has 0 aromatic heterocycles. The minimum Gasteiger partial charge on any atom is -0.493 e. The fourth-order valence-electron chi connectivity index (χ4n) is 3.05. The summed E-state index contributed by atoms with van der Waals surface area (Å²) in [5, 5.41) is 12.3. The Hall–Kier alpha value is -3.41. The van der Waals surface area contributed by atoms with Crippen molar-refractivity contribution in [3.63, 3.8) is 0 Å². The fourth-order valence-corrected chi connectivity index (χ4v) is 3.05. The van der Waals surface area contributed by atoms with Gasteiger partial charge in [-0.05, 0) is 31.5 Å². The summed E-state index contributed by atoms with van der Waals surface area (Å²) in [5.74, 6) is 0.693. The van der Waals surface area contributed by atoms with Crippen molar-refractivity contribution in [1.82, 2.24) is 15.1 Å². The molecule has 9 nitrogen and oxygen atoms in total. The second kappa shape index (κ2) is 11.0. The van der Waals surface area contributed by atoms with Gasteiger partial charge in [0.2, 0.25) is 0 Å². The van der Waals surface area contributed by atoms with Crippen molar-refractivity contribution >= 4 is 12.0 Å². The van der Waals surface area contributed by atoms with Gasteiger partial charge in [-0.3, -0.25) is 4.79 Å². The van der Waals surface area contributed by atoms with Crippen LogP contribution in [0.5, 0.6) is 11.5 Å². The zero-order chi connectivity index (χ0) is 22.1. The van der Waals surface area contributed by atoms with E-state index in [1.165, 1.54) is 0 Å². The van der Waals surface area contributed by atoms with Gasteiger partial charge in [0.1, 0.15) is 11.6 Å². The standard InChI is InChI=1S/C21H28N4O5/c1-5-30-21(27)25-10-8-24(9-11-25)14-17(13-22)20(26)23-15(2)16-6-7-18(28-3)19(12-16)29-4/h6-7,12,14-15H,5,8-11H2,1-4H3,(H,23,26)/b17-14-. The summed E-state index contributed by atoms with van der Waals surface area (Å²) >= 11 is 0. The van der Waals surface area contributed by atoms with E-state index >= 15 is 0 Å². The summed E-state index contributed by atoms with van der Waals surface area (Å²) in [6.07, 6.45) is 1.20. The SMILES string of the molecule is CCOC(=O)N1CCN(/C=C(/C#N)C(=O)NC(C)c2ccc(OC)c(OC)c2)CC1. The highest BCUT2D eigenvalue weighted by Crippen LogP contribution is 2.29. The molecule has 0 spiro atoms. The number of amides is 2. The lowest BCUT2D eigenvalue weighted by Gasteiger charge is -2.33. The second-order valence-electron chi connectivity index (χ2n) is 6.69. The average Bonchev–Trinajstić information content (AvgIpc) is 2.77. The molecule has 1 fully saturated rings. The van der Waals surface area contributed by atoms with Gasteiger partial charge in [-0.2, -0.15) is 5.26 Å². The predicted molar refractivity (Wildman–Crippen MR) is 110 cm³/mol. The Bertz CT molecular complexity index is 825. The van der Waals surface area contributed by atoms with E-state index in [1.807, 2.05) is 24.0 Å². The summed E-state index contributed by atoms with van der Waals surface area (Å²) in [5.41, 5.74) is 0.827. The maximum absolute atomic E-state index is 12.6. The molecule has 2 amide bonds. The Morgan fingerprint density at radius 2 is 1.87 bits per heavy atom. The average molecular weight is 416 g/mol. The number of nitriles is 1. The molecule has 1 aliphatic heterocycles. The maximum atomic E-state index is 12.6. The number of hydrogen-bond acceptors (Lipinski definition) is 7. The molecule has 2 rings (SSSR count). The minimum atomic E-state index is -0.465. The summed E-state index contributed by atoms with van der Waals surface area (Å²) in [7, 11) is 3.10. The van der Waals surface area contributed by atoms with E-state index in [-0.39, 0.29) is 17.7 Å². The van der Waals surface area contributed by atoms with Crippen LogP contribution in [-0.2, 0) is 9.53 Å². The van der Waals surface area contributed by atoms with Crippen LogP contribution in [0.15, 0.2) is 30.0 Å². The highest BCUT2D eigenvalue weighted by atomic mass is 16.6. The normalized spacial score (nSPS) is 15.1. The van der Waals surface area contributed by atoms with Crippen LogP contribution in [-0.4, -0.2) is 68.8 Å². The van der Waals surface area contributed by atoms with Crippen molar-refractivity contribution in [3.05, 3.63) is 35.5 Å². The number of methoxy groups -OCH3 is 2. The van der Waals surface area contributed by atoms with Crippen molar-refractivity contribution in [2.75, 3.05) is 47.0 Å². The van der Waals surface area contributed by atoms with Crippen LogP contribution in [0.1, 0.15) is 25.5 Å². The largest absolute Gasteiger partial charge is 0.493 e. The van der Waals surface area contributed by atoms with Crippen molar-refractivity contribution < 1.29 is 23.8 Å². The molecule has 1 atom stereocenters. The van der Waals surface area contributed by atoms with Gasteiger partial charge in [0.15, 0.2) is 11.5 Å². The smallest absolute Gasteiger partial charge is 0.409 e. The molecule has 162 valence electrons. The van der Waals surface area contributed by atoms with Gasteiger partial charge in [-0.1, -0.05) is 6.07 Å². The van der Waals surface area contributed by atoms with Crippen molar-refractivity contribution in [2.24, 2.45) is 0 Å². The number of benzene rings is 1. The summed E-state index contributed by atoms with van der Waals surface area (Å²) in [6, 6.07) is 7.00. The first-order valence-corrected chi connectivity index (χ1v) is 9.73. The lowest BCUT2D eigenvalue weighted by Crippen LogP contribution is -2.47. The first-order chi connectivity index (χ1) is 14.4. The number of ether oxygens (including phenoxy) is 3. The Kier molecular flexibility index (Phi) is 8.35. The molecule has 0 aliphatic carbocycles. The highest BCUT2D eigenvalue weighted by molar-refractivity contribution is 5.97. The second-order valence-corrected chi connectivity index (χ2v) is 6.69. The van der Waals surface area contributed by atoms with E-state index in [4.69, 9.17) is 14.2 Å². The van der Waals surface area contributed by atoms with Crippen molar-refractivity contribution in [2.45, 2.75) is 19.9 Å². The Morgan fingerprint density at radius 3 is 2.43 bits per heavy atom. The summed E-state index contributed by atoms with van der Waals surface area (Å²) < 4.78 is 15.5. The number of carbonyl (C=O) groups is 2. The van der Waals surface area contributed by atoms with Crippen LogP contribution in [0.25, 0.3) is 0 Å². The van der Waals surface area contributed by atoms with E-state index < -0.39 is 5.91 Å². The van der Waals surface area contributed by atoms with Crippen LogP contribution < -0.4 is 14.8 Å². The molecule has 1 aromatic carbocycles. The van der Waals surface area contributed by atoms with Gasteiger partial charge in [0.05, 0.1) is 26.9 Å². The molecule has 0 radical (unpaired) electrons. The highest BCUT2D eigenvalue weighted by Gasteiger charge is 2.22. The van der Waals surface area contributed by atoms with Gasteiger partial charge < -0.3 is 29.3 Å². The molecule has 0 saturated carbocycles. The van der Waals surface area contributed by atoms with E-state index in [0.29, 0.717) is 44.3 Å². The van der Waals surface area contributed by atoms with Crippen molar-refractivity contribution in [1.29, 1.82) is 5.26 Å². The minimum absolute atomic E-state index is 0.00640. The van der Waals surface area contributed by atoms with E-state index in [2.05, 4.69) is 5.32 Å². The van der Waals surface area contributed by atoms with Gasteiger partial charge in [0.25, 0.3) is 5.91 Å². The zero-order valence-electron chi connectivity index (χ0n) is 17.8. The van der Waals surface area contributed by atoms with Gasteiger partial charge in [-0.25, -0.2) is 4.79 Å². The van der Waals surface area contributed by atoms with Crippen molar-refractivity contribution in [3.8, 4) is 17.6 Å². The molecule has 1 aliphatic rings. The van der Waals surface area contributed by atoms with Crippen LogP contribution in [0.3, 0.4) is 0 Å². The fraction of sp³-hybridized carbons (Fsp3) is 0.476. The molecule has 1 N–H and O–H groups in total. The molecular weight excluding hydrogens is 388 g/mol. The lowest BCUT2D eigenvalue weighted by molar-refractivity contribution is -0.117. The van der Waals surface area contributed by atoms with Crippen LogP contribution >= 0.6 is 0 Å². The molecular formula is C21H28N4O5. The monoisotopic (exact) mass is 416 g/mol. The van der Waals surface area contributed by atoms with Gasteiger partial charge in [-0.15, -0.1) is 0 Å². The quantitative estimate of drug-likeness (QED) is 0.536. The number of nitrogens with zero attached hydrogens (tertiary/aromatic N) is 3. The maximum Gasteiger partial charge on any atom is 0.409 e. The summed E-state index contributed by atoms with van der Waals surface area (Å²) in [4.78, 5) is 27.8. The van der Waals surface area contributed by atoms with Crippen LogP contribution in [0.2, 0.25) is 0 Å². The molecule has 1 unspecified atom stereocenters. The zero-order valence-corrected chi connectivity index (χ0v) is 17.8. The Morgan fingerprint density at radius 1 is 1.20 bits per heavy atom. The topological polar surface area (TPSA) is 104 Å². The number of piperazine rings is 1. The Balaban J connectivity index is 1.99. The van der Waals surface area contributed by atoms with Crippen LogP contribution in [0, 0.1) is 11.3 Å². The molecule has 0 bridgehead atoms. The molecule has 30 heavy (non-hydrogen) atoms. The molecule has 9 heteroatoms. The Labute approximate surface area is 176 Å². The van der Waals surface area contributed by atoms with Gasteiger partial charge >= 0.3 is 6.09 Å². The number of carbonyl (C=O) groups excluding carboxylic acids is 2. The van der Waals surface area contributed by atoms with Crippen LogP contribution in [0.4, 0.5) is 4.79 Å². The third kappa shape index (κ3) is 5.80. The van der Waals surface area contributed by atoms with E-state index in [1.54, 1.807) is 44.4 Å². The number of rotatable bonds is 7. The molecule has 1 saturated heterocycles. The van der Waals surface area contributed by atoms with E-state index in [0.717, 1.165) is 5.56 Å². The lowest BCUT2D eigenvalue weighted by atomic mass is 10.1. The first-order valence-electron chi connectivity index (χ1n) is 9.73. The summed E-state index contributed by atoms with van der Waals surface area (Å²) in [6.45, 7) is 5.89. The third-order valence-electron chi connectivity index (χ3n) is 4.77.